The van der Waals surface area contributed by atoms with Gasteiger partial charge in [0.2, 0.25) is 11.6 Å². The average molecular weight is 410 g/mol. The van der Waals surface area contributed by atoms with Gasteiger partial charge in [-0.3, -0.25) is 14.1 Å². The molecule has 0 N–H and O–H groups in total. The van der Waals surface area contributed by atoms with Crippen LogP contribution in [-0.4, -0.2) is 65.8 Å². The zero-order chi connectivity index (χ0) is 20.9. The summed E-state index contributed by atoms with van der Waals surface area (Å²) in [5, 5.41) is 0. The Kier molecular flexibility index (Phi) is 6.25. The standard InChI is InChI=1S/C22H26N4O4/c1-3-16-12-18(13-24-21(16)28-2)17-4-5-20-23-14-19(22(27)26(20)15-17)30-11-8-25-6-9-29-10-7-25/h4-5,12-15H,3,6-11H2,1-2H3. The van der Waals surface area contributed by atoms with Crippen molar-refractivity contribution in [3.8, 4) is 22.8 Å². The zero-order valence-corrected chi connectivity index (χ0v) is 17.3. The average Bonchev–Trinajstić information content (AvgIpc) is 2.80. The molecule has 0 aromatic carbocycles. The van der Waals surface area contributed by atoms with Gasteiger partial charge in [0.15, 0.2) is 0 Å². The molecular formula is C22H26N4O4. The van der Waals surface area contributed by atoms with Crippen LogP contribution < -0.4 is 15.0 Å². The van der Waals surface area contributed by atoms with Gasteiger partial charge < -0.3 is 14.2 Å². The Morgan fingerprint density at radius 2 is 1.97 bits per heavy atom. The number of hydrogen-bond donors (Lipinski definition) is 0. The fourth-order valence-corrected chi connectivity index (χ4v) is 3.53. The molecule has 158 valence electrons. The molecule has 0 unspecified atom stereocenters. The number of rotatable bonds is 7. The Morgan fingerprint density at radius 1 is 1.13 bits per heavy atom. The van der Waals surface area contributed by atoms with E-state index in [4.69, 9.17) is 14.2 Å². The monoisotopic (exact) mass is 410 g/mol. The van der Waals surface area contributed by atoms with Gasteiger partial charge in [-0.15, -0.1) is 0 Å². The minimum atomic E-state index is -0.221. The maximum atomic E-state index is 12.9. The van der Waals surface area contributed by atoms with Crippen molar-refractivity contribution in [2.75, 3.05) is 46.6 Å². The van der Waals surface area contributed by atoms with E-state index in [1.807, 2.05) is 18.2 Å². The lowest BCUT2D eigenvalue weighted by atomic mass is 10.1. The first-order valence-corrected chi connectivity index (χ1v) is 10.2. The molecule has 3 aromatic heterocycles. The lowest BCUT2D eigenvalue weighted by Gasteiger charge is -2.26. The molecule has 3 aromatic rings. The Hall–Kier alpha value is -2.97. The third kappa shape index (κ3) is 4.29. The third-order valence-electron chi connectivity index (χ3n) is 5.27. The third-order valence-corrected chi connectivity index (χ3v) is 5.27. The summed E-state index contributed by atoms with van der Waals surface area (Å²) >= 11 is 0. The number of nitrogens with zero attached hydrogens (tertiary/aromatic N) is 4. The summed E-state index contributed by atoms with van der Waals surface area (Å²) in [5.74, 6) is 0.872. The van der Waals surface area contributed by atoms with E-state index in [0.29, 0.717) is 18.1 Å². The second kappa shape index (κ2) is 9.23. The molecule has 0 aliphatic carbocycles. The van der Waals surface area contributed by atoms with E-state index < -0.39 is 0 Å². The van der Waals surface area contributed by atoms with Crippen molar-refractivity contribution in [1.82, 2.24) is 19.3 Å². The van der Waals surface area contributed by atoms with Gasteiger partial charge in [0.1, 0.15) is 12.3 Å². The van der Waals surface area contributed by atoms with E-state index in [1.165, 1.54) is 10.6 Å². The number of ether oxygens (including phenoxy) is 3. The van der Waals surface area contributed by atoms with Crippen LogP contribution >= 0.6 is 0 Å². The van der Waals surface area contributed by atoms with E-state index >= 15 is 0 Å². The summed E-state index contributed by atoms with van der Waals surface area (Å²) in [4.78, 5) is 24.0. The molecule has 1 fully saturated rings. The smallest absolute Gasteiger partial charge is 0.300 e. The molecule has 0 amide bonds. The highest BCUT2D eigenvalue weighted by Crippen LogP contribution is 2.24. The number of aromatic nitrogens is 3. The molecule has 1 aliphatic rings. The zero-order valence-electron chi connectivity index (χ0n) is 17.3. The molecule has 30 heavy (non-hydrogen) atoms. The van der Waals surface area contributed by atoms with Crippen molar-refractivity contribution < 1.29 is 14.2 Å². The Bertz CT molecular complexity index is 1080. The van der Waals surface area contributed by atoms with Gasteiger partial charge in [-0.05, 0) is 24.6 Å². The van der Waals surface area contributed by atoms with Gasteiger partial charge in [-0.2, -0.15) is 0 Å². The highest BCUT2D eigenvalue weighted by molar-refractivity contribution is 5.65. The summed E-state index contributed by atoms with van der Waals surface area (Å²) < 4.78 is 17.9. The van der Waals surface area contributed by atoms with Gasteiger partial charge in [-0.1, -0.05) is 6.92 Å². The SMILES string of the molecule is CCc1cc(-c2ccc3ncc(OCCN4CCOCC4)c(=O)n3c2)cnc1OC. The van der Waals surface area contributed by atoms with Crippen LogP contribution in [0.2, 0.25) is 0 Å². The summed E-state index contributed by atoms with van der Waals surface area (Å²) in [6, 6.07) is 5.79. The highest BCUT2D eigenvalue weighted by atomic mass is 16.5. The molecule has 0 radical (unpaired) electrons. The van der Waals surface area contributed by atoms with E-state index in [9.17, 15) is 4.79 Å². The maximum Gasteiger partial charge on any atom is 0.300 e. The van der Waals surface area contributed by atoms with Crippen LogP contribution in [-0.2, 0) is 11.2 Å². The summed E-state index contributed by atoms with van der Waals surface area (Å²) in [5.41, 5.74) is 3.16. The fraction of sp³-hybridized carbons (Fsp3) is 0.409. The van der Waals surface area contributed by atoms with Crippen LogP contribution in [0, 0.1) is 0 Å². The van der Waals surface area contributed by atoms with E-state index in [-0.39, 0.29) is 11.3 Å². The minimum Gasteiger partial charge on any atom is -0.485 e. The van der Waals surface area contributed by atoms with Crippen LogP contribution in [0.1, 0.15) is 12.5 Å². The van der Waals surface area contributed by atoms with Crippen LogP contribution in [0.5, 0.6) is 11.6 Å². The first kappa shape index (κ1) is 20.3. The Labute approximate surface area is 175 Å². The molecule has 0 atom stereocenters. The van der Waals surface area contributed by atoms with E-state index in [1.54, 1.807) is 19.5 Å². The Morgan fingerprint density at radius 3 is 2.73 bits per heavy atom. The highest BCUT2D eigenvalue weighted by Gasteiger charge is 2.12. The van der Waals surface area contributed by atoms with Crippen molar-refractivity contribution >= 4 is 5.65 Å². The van der Waals surface area contributed by atoms with E-state index in [2.05, 4.69) is 21.8 Å². The number of hydrogen-bond acceptors (Lipinski definition) is 7. The van der Waals surface area contributed by atoms with Crippen molar-refractivity contribution in [1.29, 1.82) is 0 Å². The fourth-order valence-electron chi connectivity index (χ4n) is 3.53. The second-order valence-corrected chi connectivity index (χ2v) is 7.12. The van der Waals surface area contributed by atoms with Crippen molar-refractivity contribution in [2.24, 2.45) is 0 Å². The lowest BCUT2D eigenvalue weighted by molar-refractivity contribution is 0.0321. The Balaban J connectivity index is 1.57. The lowest BCUT2D eigenvalue weighted by Crippen LogP contribution is -2.38. The van der Waals surface area contributed by atoms with Crippen LogP contribution in [0.15, 0.2) is 41.6 Å². The topological polar surface area (TPSA) is 78.2 Å². The number of pyridine rings is 2. The van der Waals surface area contributed by atoms with Crippen LogP contribution in [0.4, 0.5) is 0 Å². The molecule has 0 bridgehead atoms. The second-order valence-electron chi connectivity index (χ2n) is 7.12. The number of methoxy groups -OCH3 is 1. The molecule has 0 saturated carbocycles. The summed E-state index contributed by atoms with van der Waals surface area (Å²) in [6.45, 7) is 6.49. The van der Waals surface area contributed by atoms with Crippen molar-refractivity contribution in [3.63, 3.8) is 0 Å². The molecule has 8 nitrogen and oxygen atoms in total. The number of aryl methyl sites for hydroxylation is 1. The van der Waals surface area contributed by atoms with E-state index in [0.717, 1.165) is 56.0 Å². The van der Waals surface area contributed by atoms with Crippen molar-refractivity contribution in [3.05, 3.63) is 52.7 Å². The summed E-state index contributed by atoms with van der Waals surface area (Å²) in [7, 11) is 1.61. The predicted molar refractivity (Wildman–Crippen MR) is 113 cm³/mol. The maximum absolute atomic E-state index is 12.9. The van der Waals surface area contributed by atoms with Gasteiger partial charge in [0.25, 0.3) is 5.56 Å². The van der Waals surface area contributed by atoms with Crippen LogP contribution in [0.25, 0.3) is 16.8 Å². The molecule has 1 saturated heterocycles. The van der Waals surface area contributed by atoms with Crippen molar-refractivity contribution in [2.45, 2.75) is 13.3 Å². The summed E-state index contributed by atoms with van der Waals surface area (Å²) in [6.07, 6.45) is 5.84. The largest absolute Gasteiger partial charge is 0.485 e. The van der Waals surface area contributed by atoms with Gasteiger partial charge >= 0.3 is 0 Å². The number of fused-ring (bicyclic) bond motifs is 1. The van der Waals surface area contributed by atoms with Crippen LogP contribution in [0.3, 0.4) is 0 Å². The normalized spacial score (nSPS) is 14.7. The molecular weight excluding hydrogens is 384 g/mol. The quantitative estimate of drug-likeness (QED) is 0.590. The van der Waals surface area contributed by atoms with Gasteiger partial charge in [-0.25, -0.2) is 9.97 Å². The predicted octanol–water partition coefficient (Wildman–Crippen LogP) is 2.04. The minimum absolute atomic E-state index is 0.221. The molecule has 0 spiro atoms. The first-order chi connectivity index (χ1) is 14.7. The first-order valence-electron chi connectivity index (χ1n) is 10.2. The molecule has 1 aliphatic heterocycles. The molecule has 8 heteroatoms. The van der Waals surface area contributed by atoms with Gasteiger partial charge in [0, 0.05) is 48.7 Å². The molecule has 4 rings (SSSR count). The molecule has 4 heterocycles. The number of morpholine rings is 1. The van der Waals surface area contributed by atoms with Gasteiger partial charge in [0.05, 0.1) is 26.5 Å².